The highest BCUT2D eigenvalue weighted by atomic mass is 16.5. The SMILES string of the molecule is CC(=O)NCCCC(=O)N1CC[C@]23C(=O)N(Cc4cn(nn4)CCCOc4cccc(c4)[C@H]12)c1ccccc13. The number of rotatable bonds is 4. The molecule has 39 heavy (non-hydrogen) atoms. The van der Waals surface area contributed by atoms with Gasteiger partial charge in [-0.3, -0.25) is 19.1 Å². The third-order valence-electron chi connectivity index (χ3n) is 7.97. The van der Waals surface area contributed by atoms with E-state index in [1.165, 1.54) is 6.92 Å². The van der Waals surface area contributed by atoms with Gasteiger partial charge in [0, 0.05) is 45.1 Å². The van der Waals surface area contributed by atoms with Crippen LogP contribution in [0.25, 0.3) is 0 Å². The summed E-state index contributed by atoms with van der Waals surface area (Å²) in [6, 6.07) is 15.2. The molecule has 1 spiro atoms. The lowest BCUT2D eigenvalue weighted by Crippen LogP contribution is -2.45. The lowest BCUT2D eigenvalue weighted by atomic mass is 9.72. The summed E-state index contributed by atoms with van der Waals surface area (Å²) in [5.74, 6) is 0.531. The number of amides is 3. The van der Waals surface area contributed by atoms with Crippen LogP contribution in [0.3, 0.4) is 0 Å². The van der Waals surface area contributed by atoms with Crippen LogP contribution < -0.4 is 15.0 Å². The fourth-order valence-corrected chi connectivity index (χ4v) is 6.30. The quantitative estimate of drug-likeness (QED) is 0.522. The predicted molar refractivity (Wildman–Crippen MR) is 143 cm³/mol. The minimum atomic E-state index is -0.932. The summed E-state index contributed by atoms with van der Waals surface area (Å²) in [6.45, 7) is 3.83. The molecule has 1 aromatic heterocycles. The average Bonchev–Trinajstić information content (AvgIpc) is 3.62. The van der Waals surface area contributed by atoms with Gasteiger partial charge in [0.15, 0.2) is 0 Å². The number of nitrogens with one attached hydrogen (secondary N) is 1. The summed E-state index contributed by atoms with van der Waals surface area (Å²) in [7, 11) is 0. The smallest absolute Gasteiger partial charge is 0.240 e. The van der Waals surface area contributed by atoms with Crippen LogP contribution in [-0.2, 0) is 32.9 Å². The van der Waals surface area contributed by atoms with Gasteiger partial charge in [-0.2, -0.15) is 0 Å². The summed E-state index contributed by atoms with van der Waals surface area (Å²) in [5.41, 5.74) is 2.44. The average molecular weight is 529 g/mol. The molecule has 3 aliphatic rings. The van der Waals surface area contributed by atoms with Crippen molar-refractivity contribution in [2.24, 2.45) is 0 Å². The summed E-state index contributed by atoms with van der Waals surface area (Å²) < 4.78 is 7.88. The van der Waals surface area contributed by atoms with E-state index in [0.717, 1.165) is 23.2 Å². The Hall–Kier alpha value is -4.21. The molecule has 3 aliphatic heterocycles. The van der Waals surface area contributed by atoms with Gasteiger partial charge in [-0.05, 0) is 42.2 Å². The number of hydrogen-bond acceptors (Lipinski definition) is 6. The normalized spacial score (nSPS) is 21.9. The first-order chi connectivity index (χ1) is 19.0. The Kier molecular flexibility index (Phi) is 6.54. The second-order valence-corrected chi connectivity index (χ2v) is 10.5. The molecule has 2 atom stereocenters. The zero-order valence-corrected chi connectivity index (χ0v) is 22.0. The molecular weight excluding hydrogens is 496 g/mol. The number of nitrogens with zero attached hydrogens (tertiary/aromatic N) is 5. The molecule has 4 heterocycles. The van der Waals surface area contributed by atoms with Crippen molar-refractivity contribution in [2.45, 2.75) is 57.2 Å². The number of carbonyl (C=O) groups is 3. The largest absolute Gasteiger partial charge is 0.494 e. The van der Waals surface area contributed by atoms with Crippen LogP contribution in [-0.4, -0.2) is 57.3 Å². The van der Waals surface area contributed by atoms with E-state index < -0.39 is 11.5 Å². The molecule has 3 aromatic rings. The molecule has 1 saturated heterocycles. The van der Waals surface area contributed by atoms with Gasteiger partial charge in [0.1, 0.15) is 16.9 Å². The molecule has 1 N–H and O–H groups in total. The van der Waals surface area contributed by atoms with E-state index in [1.807, 2.05) is 59.6 Å². The van der Waals surface area contributed by atoms with Crippen molar-refractivity contribution in [2.75, 3.05) is 24.6 Å². The van der Waals surface area contributed by atoms with Gasteiger partial charge in [-0.1, -0.05) is 35.5 Å². The third kappa shape index (κ3) is 4.43. The maximum absolute atomic E-state index is 14.6. The first-order valence-corrected chi connectivity index (χ1v) is 13.5. The standard InChI is InChI=1S/C29H32N6O4/c1-20(36)30-13-5-11-26(37)34-15-12-29-24-9-2-3-10-25(24)35(28(29)38)19-22-18-33(32-31-22)14-6-16-39-23-8-4-7-21(17-23)27(29)34/h2-4,7-10,17-18,27H,5-6,11-16,19H2,1H3,(H,30,36)/t27-,29+/m0/s1. The molecule has 0 aliphatic carbocycles. The zero-order valence-electron chi connectivity index (χ0n) is 22.0. The van der Waals surface area contributed by atoms with E-state index in [2.05, 4.69) is 15.6 Å². The van der Waals surface area contributed by atoms with Crippen molar-refractivity contribution in [3.05, 3.63) is 71.5 Å². The van der Waals surface area contributed by atoms with E-state index in [-0.39, 0.29) is 24.1 Å². The van der Waals surface area contributed by atoms with Crippen molar-refractivity contribution in [1.29, 1.82) is 0 Å². The van der Waals surface area contributed by atoms with Gasteiger partial charge >= 0.3 is 0 Å². The van der Waals surface area contributed by atoms with Crippen LogP contribution >= 0.6 is 0 Å². The van der Waals surface area contributed by atoms with Gasteiger partial charge in [-0.25, -0.2) is 0 Å². The number of hydrogen-bond donors (Lipinski definition) is 1. The fourth-order valence-electron chi connectivity index (χ4n) is 6.30. The van der Waals surface area contributed by atoms with E-state index >= 15 is 0 Å². The molecule has 1 fully saturated rings. The van der Waals surface area contributed by atoms with E-state index in [0.29, 0.717) is 57.1 Å². The molecule has 202 valence electrons. The third-order valence-corrected chi connectivity index (χ3v) is 7.97. The van der Waals surface area contributed by atoms with Crippen molar-refractivity contribution in [1.82, 2.24) is 25.2 Å². The number of aryl methyl sites for hydroxylation is 1. The first kappa shape index (κ1) is 25.1. The molecule has 0 unspecified atom stereocenters. The highest BCUT2D eigenvalue weighted by molar-refractivity contribution is 6.09. The maximum Gasteiger partial charge on any atom is 0.240 e. The topological polar surface area (TPSA) is 110 Å². The van der Waals surface area contributed by atoms with Gasteiger partial charge in [-0.15, -0.1) is 5.10 Å². The Morgan fingerprint density at radius 1 is 1.15 bits per heavy atom. The Morgan fingerprint density at radius 3 is 2.90 bits per heavy atom. The molecule has 2 aromatic carbocycles. The number of para-hydroxylation sites is 1. The summed E-state index contributed by atoms with van der Waals surface area (Å²) in [5, 5.41) is 11.4. The van der Waals surface area contributed by atoms with Gasteiger partial charge < -0.3 is 19.9 Å². The lowest BCUT2D eigenvalue weighted by molar-refractivity contribution is -0.134. The monoisotopic (exact) mass is 528 g/mol. The van der Waals surface area contributed by atoms with Crippen molar-refractivity contribution < 1.29 is 19.1 Å². The Labute approximate surface area is 226 Å². The van der Waals surface area contributed by atoms with Crippen LogP contribution in [0.1, 0.15) is 55.5 Å². The minimum absolute atomic E-state index is 0.0295. The molecule has 0 saturated carbocycles. The lowest BCUT2D eigenvalue weighted by Gasteiger charge is -2.35. The second-order valence-electron chi connectivity index (χ2n) is 10.5. The molecule has 10 heteroatoms. The van der Waals surface area contributed by atoms with E-state index in [9.17, 15) is 14.4 Å². The Bertz CT molecular complexity index is 1420. The number of likely N-dealkylation sites (tertiary alicyclic amines) is 1. The number of carbonyl (C=O) groups excluding carboxylic acids is 3. The summed E-state index contributed by atoms with van der Waals surface area (Å²) in [4.78, 5) is 43.2. The Morgan fingerprint density at radius 2 is 2.03 bits per heavy atom. The molecule has 0 radical (unpaired) electrons. The van der Waals surface area contributed by atoms with Crippen molar-refractivity contribution in [3.63, 3.8) is 0 Å². The summed E-state index contributed by atoms with van der Waals surface area (Å²) in [6.07, 6.45) is 3.97. The molecule has 6 rings (SSSR count). The fraction of sp³-hybridized carbons (Fsp3) is 0.414. The number of aromatic nitrogens is 3. The van der Waals surface area contributed by atoms with Crippen LogP contribution in [0.4, 0.5) is 5.69 Å². The zero-order chi connectivity index (χ0) is 27.0. The first-order valence-electron chi connectivity index (χ1n) is 13.5. The van der Waals surface area contributed by atoms with Crippen LogP contribution in [0.15, 0.2) is 54.7 Å². The van der Waals surface area contributed by atoms with Crippen molar-refractivity contribution >= 4 is 23.4 Å². The van der Waals surface area contributed by atoms with Crippen LogP contribution in [0.2, 0.25) is 0 Å². The van der Waals surface area contributed by atoms with E-state index in [4.69, 9.17) is 4.74 Å². The maximum atomic E-state index is 14.6. The molecule has 10 nitrogen and oxygen atoms in total. The number of fused-ring (bicyclic) bond motifs is 8. The predicted octanol–water partition coefficient (Wildman–Crippen LogP) is 2.74. The molecule has 3 amide bonds. The Balaban J connectivity index is 1.44. The molecule has 6 bridgehead atoms. The molecular formula is C29H32N6O4. The van der Waals surface area contributed by atoms with Crippen molar-refractivity contribution in [3.8, 4) is 5.75 Å². The van der Waals surface area contributed by atoms with Gasteiger partial charge in [0.2, 0.25) is 17.7 Å². The highest BCUT2D eigenvalue weighted by Crippen LogP contribution is 2.57. The van der Waals surface area contributed by atoms with Crippen LogP contribution in [0.5, 0.6) is 5.75 Å². The van der Waals surface area contributed by atoms with Crippen LogP contribution in [0, 0.1) is 0 Å². The van der Waals surface area contributed by atoms with E-state index in [1.54, 1.807) is 9.58 Å². The number of ether oxygens (including phenoxy) is 1. The van der Waals surface area contributed by atoms with Gasteiger partial charge in [0.05, 0.1) is 25.4 Å². The summed E-state index contributed by atoms with van der Waals surface area (Å²) >= 11 is 0. The van der Waals surface area contributed by atoms with Gasteiger partial charge in [0.25, 0.3) is 0 Å². The second kappa shape index (κ2) is 10.2. The highest BCUT2D eigenvalue weighted by Gasteiger charge is 2.61. The number of anilines is 1. The number of benzene rings is 2. The minimum Gasteiger partial charge on any atom is -0.494 e.